The number of phenols is 1. The van der Waals surface area contributed by atoms with Crippen molar-refractivity contribution in [3.05, 3.63) is 217 Å². The molecule has 4 amide bonds. The van der Waals surface area contributed by atoms with Crippen LogP contribution in [0.2, 0.25) is 0 Å². The number of methoxy groups -OCH3 is 2. The number of aromatic amines is 1. The molecule has 474 valence electrons. The summed E-state index contributed by atoms with van der Waals surface area (Å²) in [6, 6.07) is 38.2. The van der Waals surface area contributed by atoms with Crippen LogP contribution in [0, 0.1) is 11.8 Å². The van der Waals surface area contributed by atoms with E-state index in [0.717, 1.165) is 53.4 Å². The maximum atomic E-state index is 13.9. The summed E-state index contributed by atoms with van der Waals surface area (Å²) in [5.41, 5.74) is 5.59. The number of oxazole rings is 2. The van der Waals surface area contributed by atoms with Gasteiger partial charge < -0.3 is 69.2 Å². The van der Waals surface area contributed by atoms with Crippen LogP contribution in [-0.2, 0) is 60.0 Å². The summed E-state index contributed by atoms with van der Waals surface area (Å²) in [5, 5.41) is 25.4. The van der Waals surface area contributed by atoms with E-state index in [9.17, 15) is 33.9 Å². The zero-order valence-electron chi connectivity index (χ0n) is 50.6. The van der Waals surface area contributed by atoms with Crippen LogP contribution < -0.4 is 31.3 Å². The molecule has 0 fully saturated rings. The molecule has 0 aliphatic carbocycles. The zero-order chi connectivity index (χ0) is 65.0. The molecule has 22 nitrogen and oxygen atoms in total. The van der Waals surface area contributed by atoms with E-state index in [2.05, 4.69) is 73.4 Å². The number of carbonyl (C=O) groups excluding carboxylic acids is 6. The Bertz CT molecular complexity index is 4230. The number of fused-ring (bicyclic) bond motifs is 5. The fourth-order valence-electron chi connectivity index (χ4n) is 11.4. The summed E-state index contributed by atoms with van der Waals surface area (Å²) in [6.45, 7) is 7.61. The molecule has 3 aliphatic rings. The second kappa shape index (κ2) is 27.3. The first kappa shape index (κ1) is 63.6. The SMILES string of the molecule is COC(=O)c1nc([C@@H](NC(=O)[C@H](Cc2ccc(O)cc2)NC(=O)OCc2ccccc2)C(C)C)oc1-c1c[nH]c2c(Br)cccc12.COC(=O)c1nc2oc1C13c4cc(ccc4O[C@@H]1Nc1c(Br)cccc13)CC(NC(=O)OCc1ccccc1)C(=O)N[C@H]2C(C)C. The maximum Gasteiger partial charge on any atom is 0.408 e. The molecule has 0 radical (unpaired) electrons. The third-order valence-electron chi connectivity index (χ3n) is 16.1. The van der Waals surface area contributed by atoms with E-state index in [0.29, 0.717) is 16.9 Å². The highest BCUT2D eigenvalue weighted by Gasteiger charge is 2.62. The van der Waals surface area contributed by atoms with Crippen LogP contribution in [0.15, 0.2) is 164 Å². The number of H-pyrrole nitrogens is 1. The van der Waals surface area contributed by atoms with Crippen molar-refractivity contribution >= 4 is 84.4 Å². The van der Waals surface area contributed by atoms with Crippen molar-refractivity contribution in [1.82, 2.24) is 36.2 Å². The molecule has 4 bridgehead atoms. The van der Waals surface area contributed by atoms with Crippen LogP contribution in [0.5, 0.6) is 11.5 Å². The predicted molar refractivity (Wildman–Crippen MR) is 343 cm³/mol. The molecule has 6 atom stereocenters. The molecule has 24 heteroatoms. The third kappa shape index (κ3) is 13.0. The molecule has 6 heterocycles. The van der Waals surface area contributed by atoms with E-state index >= 15 is 0 Å². The first-order valence-corrected chi connectivity index (χ1v) is 31.1. The van der Waals surface area contributed by atoms with Crippen molar-refractivity contribution in [2.24, 2.45) is 11.8 Å². The minimum atomic E-state index is -1.14. The molecule has 1 spiro atoms. The third-order valence-corrected chi connectivity index (χ3v) is 17.4. The fourth-order valence-corrected chi connectivity index (χ4v) is 12.4. The highest BCUT2D eigenvalue weighted by atomic mass is 79.9. The van der Waals surface area contributed by atoms with Crippen molar-refractivity contribution < 1.29 is 66.4 Å². The molecular weight excluding hydrogens is 1310 g/mol. The standard InChI is InChI=1S/C34H31BrN4O7.C34H33BrN4O7/c1-17(2)25-30-38-27(31(41)43-3)28(46-30)34-20-10-7-11-22(35)26(20)39-32(34)45-24-13-12-19(14-21(24)34)15-23(29(40)37-25)36-33(42)44-16-18-8-5-4-6-9-18;1-19(2)27(32-39-29(33(42)44-3)30(46-32)24-17-36-28-23(24)10-7-11-25(28)35)38-31(41)26(16-20-12-14-22(40)15-13-20)37-34(43)45-18-21-8-5-4-6-9-21/h4-14,17,23,25,32,39H,15-16H2,1-3H3,(H,36,42)(H,37,40);4-15,17,19,26-27,36,40H,16,18H2,1-3H3,(H,37,43)(H,38,41)/t23?,25-,32-,34?;26-,27-/m00/s1. The number of nitrogens with zero attached hydrogens (tertiary/aromatic N) is 2. The lowest BCUT2D eigenvalue weighted by Crippen LogP contribution is -2.49. The number of para-hydroxylation sites is 2. The molecule has 7 N–H and O–H groups in total. The monoisotopic (exact) mass is 1370 g/mol. The summed E-state index contributed by atoms with van der Waals surface area (Å²) < 4.78 is 42.0. The molecule has 6 aromatic carbocycles. The number of carbonyl (C=O) groups is 6. The summed E-state index contributed by atoms with van der Waals surface area (Å²) in [4.78, 5) is 92.1. The maximum absolute atomic E-state index is 13.9. The van der Waals surface area contributed by atoms with Gasteiger partial charge in [0, 0.05) is 50.1 Å². The molecular formula is C68H64Br2N8O14. The lowest BCUT2D eigenvalue weighted by atomic mass is 9.72. The van der Waals surface area contributed by atoms with Crippen LogP contribution in [0.1, 0.15) is 112 Å². The number of esters is 2. The Hall–Kier alpha value is -9.94. The van der Waals surface area contributed by atoms with E-state index in [1.807, 2.05) is 143 Å². The Labute approximate surface area is 544 Å². The number of aromatic nitrogens is 3. The second-order valence-corrected chi connectivity index (χ2v) is 24.5. The minimum absolute atomic E-state index is 0.0164. The molecule has 0 saturated heterocycles. The minimum Gasteiger partial charge on any atom is -0.508 e. The molecule has 3 aliphatic heterocycles. The summed E-state index contributed by atoms with van der Waals surface area (Å²) in [7, 11) is 2.54. The average Bonchev–Trinajstić information content (AvgIpc) is 1.52. The van der Waals surface area contributed by atoms with E-state index in [4.69, 9.17) is 32.5 Å². The second-order valence-electron chi connectivity index (χ2n) is 22.8. The first-order chi connectivity index (χ1) is 44.3. The smallest absolute Gasteiger partial charge is 0.408 e. The van der Waals surface area contributed by atoms with E-state index in [-0.39, 0.29) is 78.3 Å². The fraction of sp³-hybridized carbons (Fsp3) is 0.265. The molecule has 2 unspecified atom stereocenters. The predicted octanol–water partition coefficient (Wildman–Crippen LogP) is 11.8. The highest BCUT2D eigenvalue weighted by Crippen LogP contribution is 2.59. The first-order valence-electron chi connectivity index (χ1n) is 29.5. The van der Waals surface area contributed by atoms with Gasteiger partial charge in [-0.05, 0) is 96.3 Å². The lowest BCUT2D eigenvalue weighted by molar-refractivity contribution is -0.125. The van der Waals surface area contributed by atoms with Gasteiger partial charge in [0.2, 0.25) is 23.6 Å². The lowest BCUT2D eigenvalue weighted by Gasteiger charge is -2.28. The van der Waals surface area contributed by atoms with Gasteiger partial charge in [-0.2, -0.15) is 0 Å². The van der Waals surface area contributed by atoms with Gasteiger partial charge in [-0.15, -0.1) is 0 Å². The summed E-state index contributed by atoms with van der Waals surface area (Å²) in [6.07, 6.45) is -0.226. The quantitative estimate of drug-likeness (QED) is 0.0349. The Balaban J connectivity index is 0.000000188. The van der Waals surface area contributed by atoms with E-state index in [1.54, 1.807) is 18.3 Å². The van der Waals surface area contributed by atoms with Gasteiger partial charge in [0.1, 0.15) is 54.3 Å². The van der Waals surface area contributed by atoms with Gasteiger partial charge in [0.15, 0.2) is 29.1 Å². The van der Waals surface area contributed by atoms with Gasteiger partial charge in [0.05, 0.1) is 25.4 Å². The van der Waals surface area contributed by atoms with Crippen molar-refractivity contribution in [2.75, 3.05) is 19.5 Å². The molecule has 92 heavy (non-hydrogen) atoms. The number of hydrogen-bond acceptors (Lipinski definition) is 17. The number of hydrogen-bond donors (Lipinski definition) is 7. The van der Waals surface area contributed by atoms with Crippen LogP contribution in [0.4, 0.5) is 15.3 Å². The van der Waals surface area contributed by atoms with Crippen molar-refractivity contribution in [2.45, 2.75) is 89.6 Å². The summed E-state index contributed by atoms with van der Waals surface area (Å²) >= 11 is 7.19. The number of aromatic hydroxyl groups is 1. The summed E-state index contributed by atoms with van der Waals surface area (Å²) in [5.74, 6) is -1.51. The number of rotatable bonds is 16. The average molecular weight is 1380 g/mol. The van der Waals surface area contributed by atoms with Crippen molar-refractivity contribution in [3.8, 4) is 22.8 Å². The van der Waals surface area contributed by atoms with Crippen LogP contribution in [-0.4, -0.2) is 88.5 Å². The van der Waals surface area contributed by atoms with Crippen LogP contribution >= 0.6 is 31.9 Å². The number of benzene rings is 6. The number of amides is 4. The van der Waals surface area contributed by atoms with Crippen molar-refractivity contribution in [1.29, 1.82) is 0 Å². The Morgan fingerprint density at radius 1 is 0.717 bits per heavy atom. The van der Waals surface area contributed by atoms with Crippen molar-refractivity contribution in [3.63, 3.8) is 0 Å². The Morgan fingerprint density at radius 2 is 1.38 bits per heavy atom. The number of nitrogens with one attached hydrogen (secondary N) is 6. The molecule has 9 aromatic rings. The molecule has 0 saturated carbocycles. The number of anilines is 1. The van der Waals surface area contributed by atoms with Gasteiger partial charge in [-0.3, -0.25) is 9.59 Å². The van der Waals surface area contributed by atoms with Gasteiger partial charge in [-0.25, -0.2) is 29.1 Å². The Kier molecular flexibility index (Phi) is 18.9. The van der Waals surface area contributed by atoms with E-state index in [1.165, 1.54) is 26.4 Å². The molecule has 12 rings (SSSR count). The highest BCUT2D eigenvalue weighted by molar-refractivity contribution is 9.11. The topological polar surface area (TPSA) is 297 Å². The van der Waals surface area contributed by atoms with Gasteiger partial charge in [-0.1, -0.05) is 137 Å². The number of halogens is 2. The number of ether oxygens (including phenoxy) is 5. The largest absolute Gasteiger partial charge is 0.508 e. The number of alkyl carbamates (subject to hydrolysis) is 2. The molecule has 3 aromatic heterocycles. The van der Waals surface area contributed by atoms with E-state index < -0.39 is 71.7 Å². The Morgan fingerprint density at radius 3 is 2.05 bits per heavy atom. The van der Waals surface area contributed by atoms with Crippen LogP contribution in [0.3, 0.4) is 0 Å². The van der Waals surface area contributed by atoms with Gasteiger partial charge >= 0.3 is 24.1 Å². The normalized spacial score (nSPS) is 17.4. The zero-order valence-corrected chi connectivity index (χ0v) is 53.8. The van der Waals surface area contributed by atoms with Gasteiger partial charge in [0.25, 0.3) is 0 Å². The van der Waals surface area contributed by atoms with Crippen LogP contribution in [0.25, 0.3) is 22.2 Å². The number of phenolic OH excluding ortho intramolecular Hbond substituents is 1.